The van der Waals surface area contributed by atoms with Crippen LogP contribution in [0.15, 0.2) is 176 Å². The van der Waals surface area contributed by atoms with Crippen molar-refractivity contribution in [3.8, 4) is 39.6 Å². The van der Waals surface area contributed by atoms with E-state index in [1.54, 1.807) is 0 Å². The molecule has 52 heavy (non-hydrogen) atoms. The lowest BCUT2D eigenvalue weighted by atomic mass is 9.97. The van der Waals surface area contributed by atoms with E-state index in [2.05, 4.69) is 168 Å². The first-order chi connectivity index (χ1) is 25.8. The summed E-state index contributed by atoms with van der Waals surface area (Å²) in [5.41, 5.74) is 8.48. The van der Waals surface area contributed by atoms with Gasteiger partial charge < -0.3 is 4.57 Å². The molecule has 0 radical (unpaired) electrons. The second-order valence-electron chi connectivity index (χ2n) is 13.3. The summed E-state index contributed by atoms with van der Waals surface area (Å²) in [4.78, 5) is 10.2. The summed E-state index contributed by atoms with van der Waals surface area (Å²) in [6.07, 6.45) is 0. The molecule has 0 atom stereocenters. The first-order valence-corrected chi connectivity index (χ1v) is 18.4. The van der Waals surface area contributed by atoms with Crippen LogP contribution in [0.3, 0.4) is 0 Å². The Morgan fingerprint density at radius 2 is 1.00 bits per heavy atom. The monoisotopic (exact) mass is 679 g/mol. The standard InChI is InChI=1S/C48H29N3S/c1-3-14-31(15-4-1)39-29-40(32-16-5-2-6-17-32)50-48(49-39)33-23-26-34(27-24-33)51-41-28-25-30-13-7-8-18-35(30)44(41)45-37-20-10-9-19-36(37)43-38-21-11-12-22-42(38)52-47(43)46(45)51/h1-29H. The maximum Gasteiger partial charge on any atom is 0.160 e. The molecule has 3 heterocycles. The molecule has 0 saturated heterocycles. The Labute approximate surface area is 303 Å². The molecule has 0 spiro atoms. The van der Waals surface area contributed by atoms with Crippen molar-refractivity contribution in [1.29, 1.82) is 0 Å². The molecule has 11 rings (SSSR count). The number of hydrogen-bond acceptors (Lipinski definition) is 3. The highest BCUT2D eigenvalue weighted by Gasteiger charge is 2.23. The van der Waals surface area contributed by atoms with Gasteiger partial charge in [0.25, 0.3) is 0 Å². The average molecular weight is 680 g/mol. The smallest absolute Gasteiger partial charge is 0.160 e. The molecule has 0 aliphatic heterocycles. The molecule has 0 aliphatic rings. The van der Waals surface area contributed by atoms with E-state index < -0.39 is 0 Å². The second-order valence-corrected chi connectivity index (χ2v) is 14.4. The molecule has 0 fully saturated rings. The number of benzene rings is 8. The fraction of sp³-hybridized carbons (Fsp3) is 0. The van der Waals surface area contributed by atoms with Gasteiger partial charge in [0.15, 0.2) is 5.82 Å². The molecule has 8 aromatic carbocycles. The molecule has 4 heteroatoms. The Morgan fingerprint density at radius 1 is 0.423 bits per heavy atom. The third kappa shape index (κ3) is 4.38. The summed E-state index contributed by atoms with van der Waals surface area (Å²) in [7, 11) is 0. The van der Waals surface area contributed by atoms with Gasteiger partial charge in [-0.25, -0.2) is 9.97 Å². The molecule has 3 nitrogen and oxygen atoms in total. The van der Waals surface area contributed by atoms with E-state index in [9.17, 15) is 0 Å². The summed E-state index contributed by atoms with van der Waals surface area (Å²) >= 11 is 1.89. The van der Waals surface area contributed by atoms with Crippen molar-refractivity contribution in [2.45, 2.75) is 0 Å². The molecule has 0 amide bonds. The number of nitrogens with zero attached hydrogens (tertiary/aromatic N) is 3. The number of aromatic nitrogens is 3. The maximum absolute atomic E-state index is 5.11. The van der Waals surface area contributed by atoms with Gasteiger partial charge >= 0.3 is 0 Å². The molecule has 0 bridgehead atoms. The van der Waals surface area contributed by atoms with Gasteiger partial charge in [-0.05, 0) is 64.0 Å². The normalized spacial score (nSPS) is 11.8. The van der Waals surface area contributed by atoms with Gasteiger partial charge in [-0.2, -0.15) is 0 Å². The van der Waals surface area contributed by atoms with Gasteiger partial charge in [0.2, 0.25) is 0 Å². The lowest BCUT2D eigenvalue weighted by Gasteiger charge is -2.12. The molecule has 0 N–H and O–H groups in total. The van der Waals surface area contributed by atoms with Gasteiger partial charge in [-0.3, -0.25) is 0 Å². The lowest BCUT2D eigenvalue weighted by molar-refractivity contribution is 1.17. The van der Waals surface area contributed by atoms with Crippen LogP contribution >= 0.6 is 11.3 Å². The Hall–Kier alpha value is -6.62. The van der Waals surface area contributed by atoms with E-state index in [0.717, 1.165) is 33.8 Å². The van der Waals surface area contributed by atoms with Gasteiger partial charge in [0.1, 0.15) is 0 Å². The second kappa shape index (κ2) is 11.5. The Balaban J connectivity index is 1.19. The van der Waals surface area contributed by atoms with Crippen LogP contribution in [0.25, 0.3) is 103 Å². The number of hydrogen-bond donors (Lipinski definition) is 0. The topological polar surface area (TPSA) is 30.7 Å². The first kappa shape index (κ1) is 29.1. The minimum absolute atomic E-state index is 0.706. The third-order valence-electron chi connectivity index (χ3n) is 10.4. The molecule has 11 aromatic rings. The lowest BCUT2D eigenvalue weighted by Crippen LogP contribution is -1.97. The summed E-state index contributed by atoms with van der Waals surface area (Å²) < 4.78 is 5.10. The molecule has 242 valence electrons. The number of thiophene rings is 1. The van der Waals surface area contributed by atoms with Crippen molar-refractivity contribution in [2.75, 3.05) is 0 Å². The fourth-order valence-electron chi connectivity index (χ4n) is 8.05. The summed E-state index contributed by atoms with van der Waals surface area (Å²) in [5, 5.41) is 10.3. The van der Waals surface area contributed by atoms with E-state index in [-0.39, 0.29) is 0 Å². The molecule has 3 aromatic heterocycles. The molecular weight excluding hydrogens is 651 g/mol. The van der Waals surface area contributed by atoms with Gasteiger partial charge in [-0.15, -0.1) is 11.3 Å². The first-order valence-electron chi connectivity index (χ1n) is 17.6. The van der Waals surface area contributed by atoms with Crippen LogP contribution in [-0.2, 0) is 0 Å². The zero-order valence-electron chi connectivity index (χ0n) is 28.0. The van der Waals surface area contributed by atoms with Crippen LogP contribution in [0, 0.1) is 0 Å². The zero-order chi connectivity index (χ0) is 34.2. The van der Waals surface area contributed by atoms with Crippen LogP contribution in [0.5, 0.6) is 0 Å². The van der Waals surface area contributed by atoms with Crippen LogP contribution in [0.1, 0.15) is 0 Å². The SMILES string of the molecule is c1ccc(-c2cc(-c3ccccc3)nc(-c3ccc(-n4c5ccc6ccccc6c5c5c6ccccc6c6c7ccccc7sc6c54)cc3)n2)cc1. The largest absolute Gasteiger partial charge is 0.308 e. The van der Waals surface area contributed by atoms with Crippen LogP contribution in [0.2, 0.25) is 0 Å². The Kier molecular flexibility index (Phi) is 6.42. The molecule has 0 unspecified atom stereocenters. The summed E-state index contributed by atoms with van der Waals surface area (Å²) in [6.45, 7) is 0. The van der Waals surface area contributed by atoms with Crippen molar-refractivity contribution in [2.24, 2.45) is 0 Å². The predicted molar refractivity (Wildman–Crippen MR) is 221 cm³/mol. The van der Waals surface area contributed by atoms with Crippen LogP contribution in [0.4, 0.5) is 0 Å². The average Bonchev–Trinajstić information content (AvgIpc) is 3.79. The van der Waals surface area contributed by atoms with Crippen LogP contribution in [-0.4, -0.2) is 14.5 Å². The maximum atomic E-state index is 5.11. The van der Waals surface area contributed by atoms with Crippen molar-refractivity contribution >= 4 is 74.9 Å². The van der Waals surface area contributed by atoms with Crippen molar-refractivity contribution in [3.63, 3.8) is 0 Å². The van der Waals surface area contributed by atoms with Gasteiger partial charge in [-0.1, -0.05) is 133 Å². The highest BCUT2D eigenvalue weighted by molar-refractivity contribution is 7.27. The molecule has 0 saturated carbocycles. The number of fused-ring (bicyclic) bond motifs is 12. The minimum atomic E-state index is 0.706. The van der Waals surface area contributed by atoms with Crippen LogP contribution < -0.4 is 0 Å². The van der Waals surface area contributed by atoms with E-state index >= 15 is 0 Å². The van der Waals surface area contributed by atoms with Crippen molar-refractivity contribution in [1.82, 2.24) is 14.5 Å². The van der Waals surface area contributed by atoms with Crippen molar-refractivity contribution in [3.05, 3.63) is 176 Å². The fourth-order valence-corrected chi connectivity index (χ4v) is 9.31. The van der Waals surface area contributed by atoms with E-state index in [0.29, 0.717) is 5.82 Å². The Bertz CT molecular complexity index is 3100. The molecule has 0 aliphatic carbocycles. The Morgan fingerprint density at radius 3 is 1.69 bits per heavy atom. The zero-order valence-corrected chi connectivity index (χ0v) is 28.8. The minimum Gasteiger partial charge on any atom is -0.308 e. The molecular formula is C48H29N3S. The number of rotatable bonds is 4. The van der Waals surface area contributed by atoms with E-state index in [1.807, 2.05) is 23.5 Å². The highest BCUT2D eigenvalue weighted by Crippen LogP contribution is 2.49. The van der Waals surface area contributed by atoms with Crippen molar-refractivity contribution < 1.29 is 0 Å². The van der Waals surface area contributed by atoms with E-state index in [1.165, 1.54) is 63.5 Å². The van der Waals surface area contributed by atoms with Gasteiger partial charge in [0, 0.05) is 48.6 Å². The summed E-state index contributed by atoms with van der Waals surface area (Å²) in [5.74, 6) is 0.706. The quantitative estimate of drug-likeness (QED) is 0.185. The predicted octanol–water partition coefficient (Wildman–Crippen LogP) is 13.2. The van der Waals surface area contributed by atoms with Gasteiger partial charge in [0.05, 0.1) is 27.1 Å². The summed E-state index contributed by atoms with van der Waals surface area (Å²) in [6, 6.07) is 62.8. The highest BCUT2D eigenvalue weighted by atomic mass is 32.1. The van der Waals surface area contributed by atoms with E-state index in [4.69, 9.17) is 9.97 Å². The third-order valence-corrected chi connectivity index (χ3v) is 11.6.